The Morgan fingerprint density at radius 2 is 1.97 bits per heavy atom. The molecule has 2 aromatic carbocycles. The monoisotopic (exact) mass is 478 g/mol. The molecule has 4 rings (SSSR count). The molecule has 0 radical (unpaired) electrons. The van der Waals surface area contributed by atoms with E-state index in [-0.39, 0.29) is 18.9 Å². The van der Waals surface area contributed by atoms with Crippen molar-refractivity contribution in [1.29, 1.82) is 0 Å². The second-order valence-electron chi connectivity index (χ2n) is 6.70. The van der Waals surface area contributed by atoms with E-state index in [0.29, 0.717) is 38.2 Å². The van der Waals surface area contributed by atoms with Crippen LogP contribution in [0.5, 0.6) is 0 Å². The standard InChI is InChI=1S/C19H16Cl2N6O3S/c1-30-24-13-8-16(18(28)23-14-3-2-4-15-17(14)26-31-25-15)27(9-13)19(29)22-12-6-10(20)5-11(21)7-12/h2-7,16H,8-9H2,1H3,(H,22,29)(H,23,28)/t16-/m0/s1. The number of nitrogens with one attached hydrogen (secondary N) is 2. The number of carbonyl (C=O) groups is 2. The quantitative estimate of drug-likeness (QED) is 0.544. The van der Waals surface area contributed by atoms with E-state index in [1.807, 2.05) is 6.07 Å². The Bertz CT molecular complexity index is 1160. The predicted molar refractivity (Wildman–Crippen MR) is 121 cm³/mol. The Morgan fingerprint density at radius 1 is 1.19 bits per heavy atom. The summed E-state index contributed by atoms with van der Waals surface area (Å²) in [6.45, 7) is 0.133. The van der Waals surface area contributed by atoms with Gasteiger partial charge in [0.05, 0.1) is 29.7 Å². The molecule has 3 amide bonds. The summed E-state index contributed by atoms with van der Waals surface area (Å²) in [6, 6.07) is 8.72. The van der Waals surface area contributed by atoms with Crippen molar-refractivity contribution in [1.82, 2.24) is 13.6 Å². The molecule has 1 aliphatic rings. The third kappa shape index (κ3) is 4.71. The molecule has 160 valence electrons. The van der Waals surface area contributed by atoms with E-state index in [9.17, 15) is 9.59 Å². The molecule has 0 spiro atoms. The van der Waals surface area contributed by atoms with Gasteiger partial charge in [-0.15, -0.1) is 0 Å². The fourth-order valence-corrected chi connectivity index (χ4v) is 4.37. The van der Waals surface area contributed by atoms with Gasteiger partial charge in [-0.1, -0.05) is 34.4 Å². The Labute approximate surface area is 191 Å². The molecule has 1 saturated heterocycles. The van der Waals surface area contributed by atoms with Gasteiger partial charge in [-0.05, 0) is 30.3 Å². The fraction of sp³-hybridized carbons (Fsp3) is 0.211. The second-order valence-corrected chi connectivity index (χ2v) is 8.10. The molecule has 1 aliphatic heterocycles. The summed E-state index contributed by atoms with van der Waals surface area (Å²) in [5, 5.41) is 10.3. The number of urea groups is 1. The van der Waals surface area contributed by atoms with Crippen molar-refractivity contribution >= 4 is 75.0 Å². The first-order valence-electron chi connectivity index (χ1n) is 9.09. The van der Waals surface area contributed by atoms with Gasteiger partial charge in [-0.2, -0.15) is 8.75 Å². The van der Waals surface area contributed by atoms with Crippen LogP contribution in [-0.4, -0.2) is 51.0 Å². The third-order valence-corrected chi connectivity index (χ3v) is 5.58. The molecule has 31 heavy (non-hydrogen) atoms. The summed E-state index contributed by atoms with van der Waals surface area (Å²) in [5.41, 5.74) is 2.78. The van der Waals surface area contributed by atoms with E-state index < -0.39 is 12.1 Å². The summed E-state index contributed by atoms with van der Waals surface area (Å²) in [7, 11) is 1.41. The number of hydrogen-bond acceptors (Lipinski definition) is 7. The van der Waals surface area contributed by atoms with Crippen LogP contribution in [-0.2, 0) is 9.63 Å². The van der Waals surface area contributed by atoms with Gasteiger partial charge in [-0.3, -0.25) is 4.79 Å². The lowest BCUT2D eigenvalue weighted by Crippen LogP contribution is -2.45. The third-order valence-electron chi connectivity index (χ3n) is 4.60. The number of benzene rings is 2. The van der Waals surface area contributed by atoms with Gasteiger partial charge in [0, 0.05) is 22.2 Å². The Morgan fingerprint density at radius 3 is 2.71 bits per heavy atom. The number of rotatable bonds is 4. The summed E-state index contributed by atoms with van der Waals surface area (Å²) >= 11 is 13.1. The zero-order valence-electron chi connectivity index (χ0n) is 16.1. The zero-order valence-corrected chi connectivity index (χ0v) is 18.5. The van der Waals surface area contributed by atoms with Gasteiger partial charge in [-0.25, -0.2) is 4.79 Å². The molecule has 9 nitrogen and oxygen atoms in total. The van der Waals surface area contributed by atoms with Crippen molar-refractivity contribution < 1.29 is 14.4 Å². The average Bonchev–Trinajstić information content (AvgIpc) is 3.35. The van der Waals surface area contributed by atoms with Gasteiger partial charge in [0.2, 0.25) is 5.91 Å². The highest BCUT2D eigenvalue weighted by Crippen LogP contribution is 2.26. The van der Waals surface area contributed by atoms with E-state index in [2.05, 4.69) is 24.5 Å². The van der Waals surface area contributed by atoms with Crippen LogP contribution in [0.3, 0.4) is 0 Å². The minimum absolute atomic E-state index is 0.133. The highest BCUT2D eigenvalue weighted by atomic mass is 35.5. The molecule has 1 fully saturated rings. The normalized spacial score (nSPS) is 17.2. The Hall–Kier alpha value is -2.95. The molecule has 1 atom stereocenters. The molecule has 0 saturated carbocycles. The number of aromatic nitrogens is 2. The molecular weight excluding hydrogens is 463 g/mol. The number of nitrogens with zero attached hydrogens (tertiary/aromatic N) is 4. The first-order valence-corrected chi connectivity index (χ1v) is 10.6. The predicted octanol–water partition coefficient (Wildman–Crippen LogP) is 4.25. The average molecular weight is 479 g/mol. The number of halogens is 2. The van der Waals surface area contributed by atoms with Crippen LogP contribution in [0.15, 0.2) is 41.6 Å². The number of anilines is 2. The summed E-state index contributed by atoms with van der Waals surface area (Å²) in [4.78, 5) is 32.3. The van der Waals surface area contributed by atoms with Crippen LogP contribution < -0.4 is 10.6 Å². The number of likely N-dealkylation sites (tertiary alicyclic amines) is 1. The maximum absolute atomic E-state index is 13.1. The van der Waals surface area contributed by atoms with Gasteiger partial charge in [0.25, 0.3) is 0 Å². The molecule has 3 aromatic rings. The van der Waals surface area contributed by atoms with E-state index in [0.717, 1.165) is 11.7 Å². The van der Waals surface area contributed by atoms with Crippen LogP contribution >= 0.6 is 34.9 Å². The first kappa shape index (κ1) is 21.3. The fourth-order valence-electron chi connectivity index (χ4n) is 3.29. The number of oxime groups is 1. The van der Waals surface area contributed by atoms with Crippen LogP contribution in [0.1, 0.15) is 6.42 Å². The maximum atomic E-state index is 13.1. The highest BCUT2D eigenvalue weighted by molar-refractivity contribution is 7.00. The zero-order chi connectivity index (χ0) is 22.0. The molecular formula is C19H16Cl2N6O3S. The lowest BCUT2D eigenvalue weighted by Gasteiger charge is -2.23. The number of hydrogen-bond donors (Lipinski definition) is 2. The maximum Gasteiger partial charge on any atom is 0.322 e. The number of fused-ring (bicyclic) bond motifs is 1. The molecule has 0 bridgehead atoms. The molecule has 1 aromatic heterocycles. The van der Waals surface area contributed by atoms with E-state index in [1.165, 1.54) is 12.0 Å². The van der Waals surface area contributed by atoms with Gasteiger partial charge in [0.15, 0.2) is 0 Å². The SMILES string of the molecule is CON=C1C[C@@H](C(=O)Nc2cccc3nsnc23)N(C(=O)Nc2cc(Cl)cc(Cl)c2)C1. The smallest absolute Gasteiger partial charge is 0.322 e. The highest BCUT2D eigenvalue weighted by Gasteiger charge is 2.38. The molecule has 12 heteroatoms. The van der Waals surface area contributed by atoms with E-state index in [1.54, 1.807) is 30.3 Å². The van der Waals surface area contributed by atoms with Crippen LogP contribution in [0.2, 0.25) is 10.0 Å². The van der Waals surface area contributed by atoms with Crippen molar-refractivity contribution in [3.8, 4) is 0 Å². The lowest BCUT2D eigenvalue weighted by atomic mass is 10.2. The van der Waals surface area contributed by atoms with Gasteiger partial charge in [0.1, 0.15) is 24.2 Å². The Balaban J connectivity index is 1.56. The first-order chi connectivity index (χ1) is 14.9. The van der Waals surface area contributed by atoms with E-state index >= 15 is 0 Å². The van der Waals surface area contributed by atoms with Crippen molar-refractivity contribution in [2.24, 2.45) is 5.16 Å². The molecule has 0 unspecified atom stereocenters. The van der Waals surface area contributed by atoms with Crippen LogP contribution in [0.25, 0.3) is 11.0 Å². The molecule has 0 aliphatic carbocycles. The topological polar surface area (TPSA) is 109 Å². The van der Waals surface area contributed by atoms with Crippen LogP contribution in [0, 0.1) is 0 Å². The number of carbonyl (C=O) groups excluding carboxylic acids is 2. The summed E-state index contributed by atoms with van der Waals surface area (Å²) in [6.07, 6.45) is 0.231. The molecule has 2 N–H and O–H groups in total. The largest absolute Gasteiger partial charge is 0.399 e. The number of amides is 3. The molecule has 2 heterocycles. The summed E-state index contributed by atoms with van der Waals surface area (Å²) < 4.78 is 8.40. The van der Waals surface area contributed by atoms with Gasteiger partial charge >= 0.3 is 6.03 Å². The van der Waals surface area contributed by atoms with Crippen molar-refractivity contribution in [3.05, 3.63) is 46.4 Å². The minimum Gasteiger partial charge on any atom is -0.399 e. The van der Waals surface area contributed by atoms with Gasteiger partial charge < -0.3 is 20.4 Å². The minimum atomic E-state index is -0.801. The summed E-state index contributed by atoms with van der Waals surface area (Å²) in [5.74, 6) is -0.374. The van der Waals surface area contributed by atoms with Crippen molar-refractivity contribution in [2.45, 2.75) is 12.5 Å². The van der Waals surface area contributed by atoms with Crippen LogP contribution in [0.4, 0.5) is 16.2 Å². The lowest BCUT2D eigenvalue weighted by molar-refractivity contribution is -0.119. The Kier molecular flexibility index (Phi) is 6.21. The van der Waals surface area contributed by atoms with E-state index in [4.69, 9.17) is 28.0 Å². The second kappa shape index (κ2) is 9.04. The van der Waals surface area contributed by atoms with Crippen molar-refractivity contribution in [3.63, 3.8) is 0 Å². The van der Waals surface area contributed by atoms with Crippen molar-refractivity contribution in [2.75, 3.05) is 24.3 Å².